The molecule has 0 saturated carbocycles. The molecule has 0 aliphatic heterocycles. The zero-order chi connectivity index (χ0) is 9.14. The Morgan fingerprint density at radius 2 is 2.17 bits per heavy atom. The van der Waals surface area contributed by atoms with Gasteiger partial charge in [0.2, 0.25) is 0 Å². The van der Waals surface area contributed by atoms with Gasteiger partial charge in [-0.15, -0.1) is 6.58 Å². The molecule has 1 heterocycles. The zero-order valence-corrected chi connectivity index (χ0v) is 8.17. The predicted octanol–water partition coefficient (Wildman–Crippen LogP) is 3.11. The van der Waals surface area contributed by atoms with Gasteiger partial charge in [0.25, 0.3) is 0 Å². The van der Waals surface area contributed by atoms with Gasteiger partial charge in [-0.2, -0.15) is 0 Å². The van der Waals surface area contributed by atoms with Crippen LogP contribution in [-0.4, -0.2) is 4.57 Å². The maximum atomic E-state index is 3.76. The second-order valence-corrected chi connectivity index (χ2v) is 3.45. The van der Waals surface area contributed by atoms with Crippen LogP contribution in [0.3, 0.4) is 0 Å². The average Bonchev–Trinajstić information content (AvgIpc) is 2.34. The Morgan fingerprint density at radius 1 is 1.50 bits per heavy atom. The van der Waals surface area contributed by atoms with Crippen molar-refractivity contribution < 1.29 is 0 Å². The molecule has 0 fully saturated rings. The number of nitrogens with zero attached hydrogens (tertiary/aromatic N) is 1. The van der Waals surface area contributed by atoms with Gasteiger partial charge in [0, 0.05) is 17.9 Å². The lowest BCUT2D eigenvalue weighted by Crippen LogP contribution is -2.04. The summed E-state index contributed by atoms with van der Waals surface area (Å²) in [7, 11) is 0. The summed E-state index contributed by atoms with van der Waals surface area (Å²) in [6.45, 7) is 11.2. The van der Waals surface area contributed by atoms with Gasteiger partial charge in [-0.1, -0.05) is 19.9 Å². The Bertz CT molecular complexity index is 269. The monoisotopic (exact) mass is 163 g/mol. The van der Waals surface area contributed by atoms with Gasteiger partial charge in [0.15, 0.2) is 0 Å². The van der Waals surface area contributed by atoms with Gasteiger partial charge in [-0.25, -0.2) is 0 Å². The Balaban J connectivity index is 3.03. The summed E-state index contributed by atoms with van der Waals surface area (Å²) >= 11 is 0. The summed E-state index contributed by atoms with van der Waals surface area (Å²) in [6, 6.07) is 4.36. The van der Waals surface area contributed by atoms with Crippen LogP contribution in [0, 0.1) is 6.92 Å². The minimum atomic E-state index is 0.596. The van der Waals surface area contributed by atoms with E-state index < -0.39 is 0 Å². The van der Waals surface area contributed by atoms with Crippen molar-refractivity contribution >= 4 is 0 Å². The van der Waals surface area contributed by atoms with Gasteiger partial charge in [0.1, 0.15) is 0 Å². The zero-order valence-electron chi connectivity index (χ0n) is 8.17. The highest BCUT2D eigenvalue weighted by atomic mass is 15.0. The molecule has 0 aliphatic carbocycles. The Labute approximate surface area is 74.7 Å². The molecule has 0 aliphatic rings. The second-order valence-electron chi connectivity index (χ2n) is 3.45. The van der Waals surface area contributed by atoms with E-state index in [0.717, 1.165) is 6.54 Å². The first-order valence-corrected chi connectivity index (χ1v) is 4.43. The largest absolute Gasteiger partial charge is 0.345 e. The fourth-order valence-corrected chi connectivity index (χ4v) is 1.47. The molecule has 1 aromatic rings. The lowest BCUT2D eigenvalue weighted by Gasteiger charge is -2.11. The van der Waals surface area contributed by atoms with E-state index in [9.17, 15) is 0 Å². The van der Waals surface area contributed by atoms with Crippen LogP contribution in [-0.2, 0) is 6.54 Å². The van der Waals surface area contributed by atoms with E-state index in [1.165, 1.54) is 11.4 Å². The van der Waals surface area contributed by atoms with Gasteiger partial charge in [-0.05, 0) is 25.0 Å². The van der Waals surface area contributed by atoms with Crippen molar-refractivity contribution in [3.05, 3.63) is 36.2 Å². The molecule has 0 radical (unpaired) electrons. The van der Waals surface area contributed by atoms with Crippen molar-refractivity contribution in [3.63, 3.8) is 0 Å². The Morgan fingerprint density at radius 3 is 2.67 bits per heavy atom. The van der Waals surface area contributed by atoms with E-state index in [-0.39, 0.29) is 0 Å². The summed E-state index contributed by atoms with van der Waals surface area (Å²) in [5.41, 5.74) is 2.71. The molecule has 1 nitrogen and oxygen atoms in total. The van der Waals surface area contributed by atoms with E-state index in [2.05, 4.69) is 44.0 Å². The normalized spacial score (nSPS) is 10.7. The molecule has 0 spiro atoms. The van der Waals surface area contributed by atoms with Crippen molar-refractivity contribution in [3.8, 4) is 0 Å². The smallest absolute Gasteiger partial charge is 0.0403 e. The van der Waals surface area contributed by atoms with Crippen LogP contribution in [0.15, 0.2) is 24.8 Å². The Hall–Kier alpha value is -0.980. The highest BCUT2D eigenvalue weighted by molar-refractivity contribution is 5.18. The first-order chi connectivity index (χ1) is 5.66. The fraction of sp³-hybridized carbons (Fsp3) is 0.455. The summed E-state index contributed by atoms with van der Waals surface area (Å²) in [5.74, 6) is 0.596. The minimum Gasteiger partial charge on any atom is -0.345 e. The highest BCUT2D eigenvalue weighted by Crippen LogP contribution is 2.17. The molecule has 1 rings (SSSR count). The third-order valence-electron chi connectivity index (χ3n) is 2.14. The number of allylic oxidation sites excluding steroid dienone is 1. The molecule has 0 saturated heterocycles. The molecule has 0 unspecified atom stereocenters. The molecular formula is C11H17N. The molecule has 0 bridgehead atoms. The van der Waals surface area contributed by atoms with Crippen LogP contribution in [0.1, 0.15) is 31.2 Å². The highest BCUT2D eigenvalue weighted by Gasteiger charge is 2.06. The molecule has 12 heavy (non-hydrogen) atoms. The van der Waals surface area contributed by atoms with Gasteiger partial charge in [0.05, 0.1) is 0 Å². The average molecular weight is 163 g/mol. The number of rotatable bonds is 3. The third kappa shape index (κ3) is 1.60. The van der Waals surface area contributed by atoms with Crippen LogP contribution in [0.25, 0.3) is 0 Å². The van der Waals surface area contributed by atoms with Crippen LogP contribution in [0.4, 0.5) is 0 Å². The van der Waals surface area contributed by atoms with Crippen molar-refractivity contribution in [1.82, 2.24) is 4.57 Å². The maximum Gasteiger partial charge on any atom is 0.0403 e. The molecule has 0 atom stereocenters. The first-order valence-electron chi connectivity index (χ1n) is 4.43. The SMILES string of the molecule is C=CCn1c(C)ccc1C(C)C. The lowest BCUT2D eigenvalue weighted by atomic mass is 10.1. The predicted molar refractivity (Wildman–Crippen MR) is 53.5 cm³/mol. The van der Waals surface area contributed by atoms with Crippen molar-refractivity contribution in [2.75, 3.05) is 0 Å². The van der Waals surface area contributed by atoms with E-state index in [1.807, 2.05) is 6.08 Å². The van der Waals surface area contributed by atoms with Crippen LogP contribution < -0.4 is 0 Å². The molecule has 66 valence electrons. The number of aromatic nitrogens is 1. The molecule has 0 N–H and O–H groups in total. The van der Waals surface area contributed by atoms with Crippen molar-refractivity contribution in [2.24, 2.45) is 0 Å². The quantitative estimate of drug-likeness (QED) is 0.603. The van der Waals surface area contributed by atoms with E-state index in [4.69, 9.17) is 0 Å². The van der Waals surface area contributed by atoms with Crippen LogP contribution in [0.2, 0.25) is 0 Å². The standard InChI is InChI=1S/C11H17N/c1-5-8-12-10(4)6-7-11(12)9(2)3/h5-7,9H,1,8H2,2-4H3. The summed E-state index contributed by atoms with van der Waals surface area (Å²) < 4.78 is 2.30. The van der Waals surface area contributed by atoms with E-state index >= 15 is 0 Å². The molecule has 1 aromatic heterocycles. The topological polar surface area (TPSA) is 4.93 Å². The van der Waals surface area contributed by atoms with Crippen molar-refractivity contribution in [2.45, 2.75) is 33.2 Å². The van der Waals surface area contributed by atoms with E-state index in [0.29, 0.717) is 5.92 Å². The van der Waals surface area contributed by atoms with Gasteiger partial charge >= 0.3 is 0 Å². The lowest BCUT2D eigenvalue weighted by molar-refractivity contribution is 0.688. The number of aryl methyl sites for hydroxylation is 1. The second kappa shape index (κ2) is 3.61. The van der Waals surface area contributed by atoms with Gasteiger partial charge < -0.3 is 4.57 Å². The molecule has 1 heteroatoms. The molecule has 0 amide bonds. The van der Waals surface area contributed by atoms with Crippen LogP contribution >= 0.6 is 0 Å². The van der Waals surface area contributed by atoms with E-state index in [1.54, 1.807) is 0 Å². The minimum absolute atomic E-state index is 0.596. The number of hydrogen-bond acceptors (Lipinski definition) is 0. The summed E-state index contributed by atoms with van der Waals surface area (Å²) in [4.78, 5) is 0. The van der Waals surface area contributed by atoms with Crippen LogP contribution in [0.5, 0.6) is 0 Å². The molecular weight excluding hydrogens is 146 g/mol. The maximum absolute atomic E-state index is 3.76. The first kappa shape index (κ1) is 9.11. The third-order valence-corrected chi connectivity index (χ3v) is 2.14. The van der Waals surface area contributed by atoms with Crippen molar-refractivity contribution in [1.29, 1.82) is 0 Å². The Kier molecular flexibility index (Phi) is 2.74. The molecule has 0 aromatic carbocycles. The summed E-state index contributed by atoms with van der Waals surface area (Å²) in [6.07, 6.45) is 1.94. The summed E-state index contributed by atoms with van der Waals surface area (Å²) in [5, 5.41) is 0. The fourth-order valence-electron chi connectivity index (χ4n) is 1.47. The van der Waals surface area contributed by atoms with Gasteiger partial charge in [-0.3, -0.25) is 0 Å². The number of hydrogen-bond donors (Lipinski definition) is 0.